The van der Waals surface area contributed by atoms with Gasteiger partial charge in [0.15, 0.2) is 0 Å². The topological polar surface area (TPSA) is 105 Å². The minimum absolute atomic E-state index is 0.0520. The lowest BCUT2D eigenvalue weighted by Crippen LogP contribution is -2.42. The van der Waals surface area contributed by atoms with Crippen molar-refractivity contribution in [1.82, 2.24) is 24.1 Å². The van der Waals surface area contributed by atoms with E-state index in [9.17, 15) is 18.0 Å². The van der Waals surface area contributed by atoms with Crippen molar-refractivity contribution in [3.8, 4) is 0 Å². The van der Waals surface area contributed by atoms with Crippen molar-refractivity contribution in [3.05, 3.63) is 21.6 Å². The van der Waals surface area contributed by atoms with E-state index in [1.54, 1.807) is 6.92 Å². The molecule has 2 aromatic rings. The van der Waals surface area contributed by atoms with Crippen LogP contribution in [0.15, 0.2) is 16.0 Å². The Labute approximate surface area is 192 Å². The molecule has 0 aromatic carbocycles. The van der Waals surface area contributed by atoms with Crippen LogP contribution in [0.2, 0.25) is 0 Å². The van der Waals surface area contributed by atoms with Gasteiger partial charge in [0.25, 0.3) is 5.56 Å². The van der Waals surface area contributed by atoms with E-state index in [4.69, 9.17) is 0 Å². The number of nitrogens with zero attached hydrogens (tertiary/aromatic N) is 4. The maximum atomic E-state index is 13.4. The summed E-state index contributed by atoms with van der Waals surface area (Å²) in [6.45, 7) is 7.11. The number of amides is 1. The van der Waals surface area contributed by atoms with Crippen LogP contribution >= 0.6 is 11.3 Å². The van der Waals surface area contributed by atoms with Crippen LogP contribution < -0.4 is 10.9 Å². The Morgan fingerprint density at radius 3 is 2.69 bits per heavy atom. The van der Waals surface area contributed by atoms with Crippen molar-refractivity contribution in [2.24, 2.45) is 0 Å². The van der Waals surface area contributed by atoms with Crippen molar-refractivity contribution >= 4 is 37.5 Å². The molecule has 2 saturated heterocycles. The highest BCUT2D eigenvalue weighted by atomic mass is 32.2. The number of piperidine rings is 1. The molecule has 4 rings (SSSR count). The van der Waals surface area contributed by atoms with Gasteiger partial charge in [0.1, 0.15) is 16.3 Å². The van der Waals surface area contributed by atoms with Crippen LogP contribution in [-0.2, 0) is 21.4 Å². The van der Waals surface area contributed by atoms with Crippen LogP contribution in [-0.4, -0.2) is 71.8 Å². The smallest absolute Gasteiger partial charge is 0.263 e. The van der Waals surface area contributed by atoms with Crippen molar-refractivity contribution in [2.45, 2.75) is 63.4 Å². The van der Waals surface area contributed by atoms with Crippen LogP contribution in [0.3, 0.4) is 0 Å². The quantitative estimate of drug-likeness (QED) is 0.643. The first kappa shape index (κ1) is 23.3. The fourth-order valence-corrected chi connectivity index (χ4v) is 7.94. The van der Waals surface area contributed by atoms with Crippen LogP contribution in [0.1, 0.15) is 43.9 Å². The molecule has 176 valence electrons. The van der Waals surface area contributed by atoms with Gasteiger partial charge in [-0.1, -0.05) is 13.3 Å². The number of sulfonamides is 1. The Morgan fingerprint density at radius 2 is 1.97 bits per heavy atom. The molecule has 4 heterocycles. The van der Waals surface area contributed by atoms with E-state index in [0.29, 0.717) is 35.4 Å². The molecule has 11 heteroatoms. The van der Waals surface area contributed by atoms with Crippen molar-refractivity contribution in [3.63, 3.8) is 0 Å². The van der Waals surface area contributed by atoms with Crippen LogP contribution in [0.4, 0.5) is 0 Å². The third-order valence-electron chi connectivity index (χ3n) is 6.47. The predicted molar refractivity (Wildman–Crippen MR) is 125 cm³/mol. The summed E-state index contributed by atoms with van der Waals surface area (Å²) >= 11 is 1.20. The van der Waals surface area contributed by atoms with Gasteiger partial charge in [-0.15, -0.1) is 11.3 Å². The lowest BCUT2D eigenvalue weighted by molar-refractivity contribution is -0.121. The minimum atomic E-state index is -3.79. The number of fused-ring (bicyclic) bond motifs is 1. The van der Waals surface area contributed by atoms with Crippen molar-refractivity contribution in [1.29, 1.82) is 0 Å². The normalized spacial score (nSPS) is 20.8. The average Bonchev–Trinajstić information content (AvgIpc) is 3.38. The number of hydrogen-bond acceptors (Lipinski definition) is 7. The van der Waals surface area contributed by atoms with Crippen molar-refractivity contribution in [2.75, 3.05) is 32.7 Å². The first-order valence-electron chi connectivity index (χ1n) is 11.3. The second-order valence-electron chi connectivity index (χ2n) is 8.54. The summed E-state index contributed by atoms with van der Waals surface area (Å²) in [6.07, 6.45) is 6.16. The summed E-state index contributed by atoms with van der Waals surface area (Å²) in [5.41, 5.74) is -0.485. The number of likely N-dealkylation sites (N-methyl/N-ethyl adjacent to an activating group) is 1. The minimum Gasteiger partial charge on any atom is -0.353 e. The van der Waals surface area contributed by atoms with Crippen LogP contribution in [0.25, 0.3) is 10.2 Å². The molecular formula is C21H31N5O4S2. The molecule has 1 amide bonds. The predicted octanol–water partition coefficient (Wildman–Crippen LogP) is 1.54. The standard InChI is InChI=1S/C21H31N5O4S2/c1-3-24-9-7-8-16(24)12-22-17(27)13-25-14-23-20-18(21(25)28)19(15(2)31-20)32(29,30)26-10-5-4-6-11-26/h14,16H,3-13H2,1-2H3,(H,22,27). The molecule has 1 unspecified atom stereocenters. The molecule has 9 nitrogen and oxygen atoms in total. The zero-order chi connectivity index (χ0) is 22.9. The Kier molecular flexibility index (Phi) is 6.99. The SMILES string of the molecule is CCN1CCCC1CNC(=O)Cn1cnc2sc(C)c(S(=O)(=O)N3CCCCC3)c2c1=O. The average molecular weight is 482 g/mol. The largest absolute Gasteiger partial charge is 0.353 e. The van der Waals surface area contributed by atoms with Gasteiger partial charge in [0.2, 0.25) is 15.9 Å². The molecule has 2 aromatic heterocycles. The summed E-state index contributed by atoms with van der Waals surface area (Å²) in [5, 5.41) is 3.02. The highest BCUT2D eigenvalue weighted by molar-refractivity contribution is 7.89. The van der Waals surface area contributed by atoms with Gasteiger partial charge in [-0.05, 0) is 45.7 Å². The third kappa shape index (κ3) is 4.48. The van der Waals surface area contributed by atoms with E-state index >= 15 is 0 Å². The molecule has 1 atom stereocenters. The Hall–Kier alpha value is -1.82. The number of aryl methyl sites for hydroxylation is 1. The molecule has 1 N–H and O–H groups in total. The van der Waals surface area contributed by atoms with E-state index < -0.39 is 15.6 Å². The highest BCUT2D eigenvalue weighted by Crippen LogP contribution is 2.33. The molecule has 0 aliphatic carbocycles. The molecule has 0 saturated carbocycles. The molecule has 0 radical (unpaired) electrons. The number of hydrogen-bond donors (Lipinski definition) is 1. The zero-order valence-corrected chi connectivity index (χ0v) is 20.3. The molecule has 2 fully saturated rings. The first-order chi connectivity index (χ1) is 15.3. The fraction of sp³-hybridized carbons (Fsp3) is 0.667. The summed E-state index contributed by atoms with van der Waals surface area (Å²) in [5.74, 6) is -0.274. The summed E-state index contributed by atoms with van der Waals surface area (Å²) in [6, 6.07) is 0.321. The van der Waals surface area contributed by atoms with E-state index in [2.05, 4.69) is 22.1 Å². The summed E-state index contributed by atoms with van der Waals surface area (Å²) < 4.78 is 29.4. The Bertz CT molecular complexity index is 1150. The van der Waals surface area contributed by atoms with E-state index in [1.807, 2.05) is 0 Å². The highest BCUT2D eigenvalue weighted by Gasteiger charge is 2.32. The second kappa shape index (κ2) is 9.58. The lowest BCUT2D eigenvalue weighted by atomic mass is 10.2. The van der Waals surface area contributed by atoms with E-state index in [1.165, 1.54) is 26.5 Å². The van der Waals surface area contributed by atoms with Crippen LogP contribution in [0.5, 0.6) is 0 Å². The fourth-order valence-electron chi connectivity index (χ4n) is 4.76. The molecule has 0 spiro atoms. The number of aromatic nitrogens is 2. The Balaban J connectivity index is 1.58. The van der Waals surface area contributed by atoms with E-state index in [-0.39, 0.29) is 22.7 Å². The number of nitrogens with one attached hydrogen (secondary N) is 1. The van der Waals surface area contributed by atoms with Gasteiger partial charge in [-0.2, -0.15) is 4.31 Å². The summed E-state index contributed by atoms with van der Waals surface area (Å²) in [7, 11) is -3.79. The monoisotopic (exact) mass is 481 g/mol. The molecule has 32 heavy (non-hydrogen) atoms. The van der Waals surface area contributed by atoms with Gasteiger partial charge in [-0.3, -0.25) is 19.1 Å². The number of rotatable bonds is 7. The number of carbonyl (C=O) groups is 1. The molecule has 2 aliphatic heterocycles. The third-order valence-corrected chi connectivity index (χ3v) is 9.68. The number of likely N-dealkylation sites (tertiary alicyclic amines) is 1. The molecule has 2 aliphatic rings. The van der Waals surface area contributed by atoms with E-state index in [0.717, 1.165) is 45.2 Å². The number of thiophene rings is 1. The first-order valence-corrected chi connectivity index (χ1v) is 13.6. The van der Waals surface area contributed by atoms with Gasteiger partial charge in [-0.25, -0.2) is 13.4 Å². The van der Waals surface area contributed by atoms with Gasteiger partial charge < -0.3 is 5.32 Å². The number of carbonyl (C=O) groups excluding carboxylic acids is 1. The van der Waals surface area contributed by atoms with Gasteiger partial charge >= 0.3 is 0 Å². The van der Waals surface area contributed by atoms with Crippen LogP contribution in [0, 0.1) is 6.92 Å². The lowest BCUT2D eigenvalue weighted by Gasteiger charge is -2.25. The molecular weight excluding hydrogens is 450 g/mol. The maximum absolute atomic E-state index is 13.4. The second-order valence-corrected chi connectivity index (χ2v) is 11.6. The van der Waals surface area contributed by atoms with Crippen molar-refractivity contribution < 1.29 is 13.2 Å². The van der Waals surface area contributed by atoms with Gasteiger partial charge in [0, 0.05) is 30.6 Å². The zero-order valence-electron chi connectivity index (χ0n) is 18.7. The summed E-state index contributed by atoms with van der Waals surface area (Å²) in [4.78, 5) is 33.4. The Morgan fingerprint density at radius 1 is 1.22 bits per heavy atom. The molecule has 0 bridgehead atoms. The van der Waals surface area contributed by atoms with Gasteiger partial charge in [0.05, 0.1) is 11.7 Å². The maximum Gasteiger partial charge on any atom is 0.263 e.